The van der Waals surface area contributed by atoms with Crippen LogP contribution >= 0.6 is 0 Å². The van der Waals surface area contributed by atoms with Crippen LogP contribution in [0, 0.1) is 0 Å². The SMILES string of the molecule is COc1cccc(C(NC2CCN(C)CC2)c2nc3ccccc3[nH]2)c1. The maximum absolute atomic E-state index is 5.44. The summed E-state index contributed by atoms with van der Waals surface area (Å²) in [6, 6.07) is 16.9. The number of nitrogens with one attached hydrogen (secondary N) is 2. The number of fused-ring (bicyclic) bond motifs is 1. The Morgan fingerprint density at radius 1 is 1.15 bits per heavy atom. The topological polar surface area (TPSA) is 53.2 Å². The summed E-state index contributed by atoms with van der Waals surface area (Å²) >= 11 is 0. The molecule has 1 fully saturated rings. The molecule has 0 aliphatic carbocycles. The molecule has 3 aromatic rings. The quantitative estimate of drug-likeness (QED) is 0.741. The van der Waals surface area contributed by atoms with Crippen molar-refractivity contribution in [2.75, 3.05) is 27.2 Å². The Labute approximate surface area is 154 Å². The number of H-pyrrole nitrogens is 1. The van der Waals surface area contributed by atoms with Crippen LogP contribution < -0.4 is 10.1 Å². The van der Waals surface area contributed by atoms with Crippen molar-refractivity contribution in [2.45, 2.75) is 24.9 Å². The number of piperidine rings is 1. The maximum Gasteiger partial charge on any atom is 0.129 e. The zero-order valence-corrected chi connectivity index (χ0v) is 15.4. The normalized spacial score (nSPS) is 17.5. The lowest BCUT2D eigenvalue weighted by atomic mass is 10.0. The Hall–Kier alpha value is -2.37. The van der Waals surface area contributed by atoms with Crippen LogP contribution in [-0.2, 0) is 0 Å². The van der Waals surface area contributed by atoms with Gasteiger partial charge in [-0.25, -0.2) is 4.98 Å². The molecule has 0 saturated carbocycles. The van der Waals surface area contributed by atoms with Crippen molar-refractivity contribution in [3.8, 4) is 5.75 Å². The van der Waals surface area contributed by atoms with Gasteiger partial charge in [0.05, 0.1) is 24.2 Å². The molecule has 2 N–H and O–H groups in total. The molecule has 1 aromatic heterocycles. The molecule has 1 unspecified atom stereocenters. The Morgan fingerprint density at radius 2 is 1.96 bits per heavy atom. The highest BCUT2D eigenvalue weighted by atomic mass is 16.5. The zero-order chi connectivity index (χ0) is 17.9. The second-order valence-electron chi connectivity index (χ2n) is 7.09. The van der Waals surface area contributed by atoms with E-state index in [-0.39, 0.29) is 6.04 Å². The Bertz CT molecular complexity index is 834. The molecule has 26 heavy (non-hydrogen) atoms. The number of hydrogen-bond donors (Lipinski definition) is 2. The van der Waals surface area contributed by atoms with Crippen LogP contribution in [0.15, 0.2) is 48.5 Å². The van der Waals surface area contributed by atoms with Crippen molar-refractivity contribution >= 4 is 11.0 Å². The first-order valence-corrected chi connectivity index (χ1v) is 9.26. The fourth-order valence-electron chi connectivity index (χ4n) is 3.67. The number of aromatic amines is 1. The molecule has 1 aliphatic rings. The molecule has 2 aromatic carbocycles. The van der Waals surface area contributed by atoms with Crippen molar-refractivity contribution < 1.29 is 4.74 Å². The third kappa shape index (κ3) is 3.59. The summed E-state index contributed by atoms with van der Waals surface area (Å²) in [6.45, 7) is 2.26. The van der Waals surface area contributed by atoms with Crippen LogP contribution in [0.25, 0.3) is 11.0 Å². The van der Waals surface area contributed by atoms with Crippen LogP contribution in [-0.4, -0.2) is 48.2 Å². The number of ether oxygens (including phenoxy) is 1. The van der Waals surface area contributed by atoms with E-state index in [4.69, 9.17) is 9.72 Å². The highest BCUT2D eigenvalue weighted by molar-refractivity contribution is 5.75. The molecule has 1 aliphatic heterocycles. The summed E-state index contributed by atoms with van der Waals surface area (Å²) in [5.41, 5.74) is 3.24. The van der Waals surface area contributed by atoms with Crippen molar-refractivity contribution in [2.24, 2.45) is 0 Å². The van der Waals surface area contributed by atoms with Gasteiger partial charge >= 0.3 is 0 Å². The van der Waals surface area contributed by atoms with Gasteiger partial charge in [-0.1, -0.05) is 24.3 Å². The number of benzene rings is 2. The van der Waals surface area contributed by atoms with E-state index in [0.29, 0.717) is 6.04 Å². The standard InChI is InChI=1S/C21H26N4O/c1-25-12-10-16(11-13-25)22-20(15-6-5-7-17(14-15)26-2)21-23-18-8-3-4-9-19(18)24-21/h3-9,14,16,20,22H,10-13H2,1-2H3,(H,23,24). The third-order valence-electron chi connectivity index (χ3n) is 5.23. The fourth-order valence-corrected chi connectivity index (χ4v) is 3.67. The second kappa shape index (κ2) is 7.48. The summed E-state index contributed by atoms with van der Waals surface area (Å²) in [6.07, 6.45) is 2.30. The van der Waals surface area contributed by atoms with Gasteiger partial charge in [-0.05, 0) is 62.8 Å². The van der Waals surface area contributed by atoms with E-state index in [2.05, 4.69) is 40.4 Å². The first kappa shape index (κ1) is 17.1. The molecular formula is C21H26N4O. The lowest BCUT2D eigenvalue weighted by molar-refractivity contribution is 0.228. The third-order valence-corrected chi connectivity index (χ3v) is 5.23. The van der Waals surface area contributed by atoms with E-state index in [1.54, 1.807) is 7.11 Å². The lowest BCUT2D eigenvalue weighted by Gasteiger charge is -2.32. The van der Waals surface area contributed by atoms with Gasteiger partial charge in [-0.15, -0.1) is 0 Å². The van der Waals surface area contributed by atoms with Crippen LogP contribution in [0.5, 0.6) is 5.75 Å². The number of nitrogens with zero attached hydrogens (tertiary/aromatic N) is 2. The molecule has 5 nitrogen and oxygen atoms in total. The summed E-state index contributed by atoms with van der Waals surface area (Å²) in [5, 5.41) is 3.85. The second-order valence-corrected chi connectivity index (χ2v) is 7.09. The summed E-state index contributed by atoms with van der Waals surface area (Å²) in [5.74, 6) is 1.83. The largest absolute Gasteiger partial charge is 0.497 e. The van der Waals surface area contributed by atoms with Crippen LogP contribution in [0.2, 0.25) is 0 Å². The fraction of sp³-hybridized carbons (Fsp3) is 0.381. The summed E-state index contributed by atoms with van der Waals surface area (Å²) in [4.78, 5) is 10.8. The van der Waals surface area contributed by atoms with Gasteiger partial charge < -0.3 is 19.9 Å². The molecule has 5 heteroatoms. The lowest BCUT2D eigenvalue weighted by Crippen LogP contribution is -2.42. The molecule has 0 bridgehead atoms. The number of rotatable bonds is 5. The number of methoxy groups -OCH3 is 1. The van der Waals surface area contributed by atoms with Crippen molar-refractivity contribution in [1.82, 2.24) is 20.2 Å². The van der Waals surface area contributed by atoms with E-state index < -0.39 is 0 Å². The van der Waals surface area contributed by atoms with Crippen LogP contribution in [0.3, 0.4) is 0 Å². The number of imidazole rings is 1. The van der Waals surface area contributed by atoms with Crippen molar-refractivity contribution in [1.29, 1.82) is 0 Å². The number of likely N-dealkylation sites (tertiary alicyclic amines) is 1. The van der Waals surface area contributed by atoms with Gasteiger partial charge in [-0.3, -0.25) is 0 Å². The van der Waals surface area contributed by atoms with E-state index in [1.165, 1.54) is 5.56 Å². The Kier molecular flexibility index (Phi) is 4.91. The average molecular weight is 350 g/mol. The van der Waals surface area contributed by atoms with E-state index in [0.717, 1.165) is 48.5 Å². The highest BCUT2D eigenvalue weighted by Gasteiger charge is 2.24. The first-order chi connectivity index (χ1) is 12.7. The Balaban J connectivity index is 1.68. The van der Waals surface area contributed by atoms with E-state index in [9.17, 15) is 0 Å². The van der Waals surface area contributed by atoms with Gasteiger partial charge in [0.15, 0.2) is 0 Å². The molecule has 0 spiro atoms. The molecular weight excluding hydrogens is 324 g/mol. The predicted octanol–water partition coefficient (Wildman–Crippen LogP) is 3.34. The molecule has 0 amide bonds. The average Bonchev–Trinajstić information content (AvgIpc) is 3.11. The monoisotopic (exact) mass is 350 g/mol. The highest BCUT2D eigenvalue weighted by Crippen LogP contribution is 2.27. The molecule has 0 radical (unpaired) electrons. The van der Waals surface area contributed by atoms with Gasteiger partial charge in [0.25, 0.3) is 0 Å². The smallest absolute Gasteiger partial charge is 0.129 e. The number of aromatic nitrogens is 2. The molecule has 1 saturated heterocycles. The minimum Gasteiger partial charge on any atom is -0.497 e. The minimum absolute atomic E-state index is 0.0194. The van der Waals surface area contributed by atoms with E-state index >= 15 is 0 Å². The van der Waals surface area contributed by atoms with Crippen molar-refractivity contribution in [3.63, 3.8) is 0 Å². The Morgan fingerprint density at radius 3 is 2.73 bits per heavy atom. The van der Waals surface area contributed by atoms with Gasteiger partial charge in [-0.2, -0.15) is 0 Å². The maximum atomic E-state index is 5.44. The minimum atomic E-state index is 0.0194. The van der Waals surface area contributed by atoms with Crippen LogP contribution in [0.4, 0.5) is 0 Å². The first-order valence-electron chi connectivity index (χ1n) is 9.26. The van der Waals surface area contributed by atoms with Crippen LogP contribution in [0.1, 0.15) is 30.3 Å². The molecule has 1 atom stereocenters. The van der Waals surface area contributed by atoms with E-state index in [1.807, 2.05) is 30.3 Å². The van der Waals surface area contributed by atoms with Gasteiger partial charge in [0.1, 0.15) is 11.6 Å². The summed E-state index contributed by atoms with van der Waals surface area (Å²) < 4.78 is 5.44. The number of para-hydroxylation sites is 2. The molecule has 136 valence electrons. The van der Waals surface area contributed by atoms with Gasteiger partial charge in [0.2, 0.25) is 0 Å². The summed E-state index contributed by atoms with van der Waals surface area (Å²) in [7, 11) is 3.90. The van der Waals surface area contributed by atoms with Gasteiger partial charge in [0, 0.05) is 6.04 Å². The van der Waals surface area contributed by atoms with Crippen molar-refractivity contribution in [3.05, 3.63) is 59.9 Å². The predicted molar refractivity (Wildman–Crippen MR) is 105 cm³/mol. The molecule has 2 heterocycles. The number of hydrogen-bond acceptors (Lipinski definition) is 4. The zero-order valence-electron chi connectivity index (χ0n) is 15.4. The molecule has 4 rings (SSSR count).